The molecule has 0 saturated heterocycles. The Hall–Kier alpha value is -2.53. The number of hydrogen-bond acceptors (Lipinski definition) is 5. The Kier molecular flexibility index (Phi) is 4.32. The Morgan fingerprint density at radius 3 is 2.84 bits per heavy atom. The molecule has 1 fully saturated rings. The van der Waals surface area contributed by atoms with Crippen LogP contribution in [0.4, 0.5) is 5.95 Å². The van der Waals surface area contributed by atoms with Crippen molar-refractivity contribution in [3.63, 3.8) is 0 Å². The molecule has 1 aliphatic rings. The summed E-state index contributed by atoms with van der Waals surface area (Å²) >= 11 is 0. The smallest absolute Gasteiger partial charge is 0.223 e. The van der Waals surface area contributed by atoms with E-state index >= 15 is 0 Å². The fraction of sp³-hybridized carbons (Fsp3) is 0.350. The molecule has 1 aliphatic carbocycles. The van der Waals surface area contributed by atoms with Crippen LogP contribution in [0.2, 0.25) is 0 Å². The van der Waals surface area contributed by atoms with Crippen LogP contribution < -0.4 is 11.1 Å². The molecule has 0 aliphatic heterocycles. The van der Waals surface area contributed by atoms with Gasteiger partial charge in [-0.15, -0.1) is 0 Å². The van der Waals surface area contributed by atoms with Gasteiger partial charge in [-0.05, 0) is 25.3 Å². The Labute approximate surface area is 147 Å². The van der Waals surface area contributed by atoms with Gasteiger partial charge in [0.25, 0.3) is 0 Å². The molecule has 3 aromatic rings. The first-order valence-electron chi connectivity index (χ1n) is 8.90. The minimum absolute atomic E-state index is 0.168. The second kappa shape index (κ2) is 6.76. The number of benzene rings is 1. The summed E-state index contributed by atoms with van der Waals surface area (Å²) in [6.07, 6.45) is 10.1. The van der Waals surface area contributed by atoms with Crippen LogP contribution in [0.15, 0.2) is 42.9 Å². The van der Waals surface area contributed by atoms with Crippen molar-refractivity contribution in [3.8, 4) is 11.1 Å². The predicted molar refractivity (Wildman–Crippen MR) is 101 cm³/mol. The van der Waals surface area contributed by atoms with Crippen molar-refractivity contribution in [2.45, 2.75) is 44.7 Å². The van der Waals surface area contributed by atoms with E-state index in [-0.39, 0.29) is 12.1 Å². The van der Waals surface area contributed by atoms with E-state index in [1.807, 2.05) is 18.6 Å². The molecule has 1 aromatic carbocycles. The summed E-state index contributed by atoms with van der Waals surface area (Å²) in [5.41, 5.74) is 10.5. The van der Waals surface area contributed by atoms with Gasteiger partial charge >= 0.3 is 0 Å². The quantitative estimate of drug-likeness (QED) is 0.764. The molecular formula is C20H23N5. The lowest BCUT2D eigenvalue weighted by molar-refractivity contribution is 0.402. The zero-order valence-electron chi connectivity index (χ0n) is 14.4. The van der Waals surface area contributed by atoms with Crippen molar-refractivity contribution >= 4 is 16.9 Å². The second-order valence-electron chi connectivity index (χ2n) is 6.89. The number of nitrogens with zero attached hydrogens (tertiary/aromatic N) is 3. The average molecular weight is 333 g/mol. The van der Waals surface area contributed by atoms with Crippen molar-refractivity contribution in [3.05, 3.63) is 48.4 Å². The Bertz CT molecular complexity index is 892. The summed E-state index contributed by atoms with van der Waals surface area (Å²) in [4.78, 5) is 13.6. The molecule has 2 aromatic heterocycles. The van der Waals surface area contributed by atoms with Crippen LogP contribution >= 0.6 is 0 Å². The van der Waals surface area contributed by atoms with Gasteiger partial charge in [0.2, 0.25) is 5.95 Å². The second-order valence-corrected chi connectivity index (χ2v) is 6.89. The Balaban J connectivity index is 1.73. The molecule has 5 heteroatoms. The summed E-state index contributed by atoms with van der Waals surface area (Å²) < 4.78 is 0. The minimum Gasteiger partial charge on any atom is -0.350 e. The van der Waals surface area contributed by atoms with E-state index in [0.717, 1.165) is 34.9 Å². The maximum atomic E-state index is 6.25. The van der Waals surface area contributed by atoms with Gasteiger partial charge in [-0.3, -0.25) is 4.98 Å². The number of fused-ring (bicyclic) bond motifs is 1. The first-order chi connectivity index (χ1) is 12.2. The highest BCUT2D eigenvalue weighted by Crippen LogP contribution is 2.28. The molecule has 0 radical (unpaired) electrons. The Morgan fingerprint density at radius 2 is 2.00 bits per heavy atom. The molecule has 0 amide bonds. The molecule has 5 nitrogen and oxygen atoms in total. The fourth-order valence-electron chi connectivity index (χ4n) is 3.55. The third-order valence-electron chi connectivity index (χ3n) is 4.95. The van der Waals surface area contributed by atoms with E-state index in [9.17, 15) is 0 Å². The largest absolute Gasteiger partial charge is 0.350 e. The number of nitrogens with two attached hydrogens (primary N) is 1. The summed E-state index contributed by atoms with van der Waals surface area (Å²) in [6, 6.07) is 8.81. The lowest BCUT2D eigenvalue weighted by Crippen LogP contribution is -2.42. The molecule has 2 atom stereocenters. The lowest BCUT2D eigenvalue weighted by atomic mass is 9.91. The first kappa shape index (κ1) is 16.0. The molecule has 25 heavy (non-hydrogen) atoms. The minimum atomic E-state index is 0.168. The highest BCUT2D eigenvalue weighted by Gasteiger charge is 2.22. The standard InChI is InChI=1S/C20H23N5/c1-13-5-4-6-14(9-13)16-12-22-10-15-11-23-20(25-19(15)16)24-18-8-3-2-7-17(18)21/h4-6,9-12,17-18H,2-3,7-8,21H2,1H3,(H,23,24,25)/t17-,18+/m1/s1. The van der Waals surface area contributed by atoms with Crippen molar-refractivity contribution in [1.29, 1.82) is 0 Å². The predicted octanol–water partition coefficient (Wildman–Crippen LogP) is 3.68. The third kappa shape index (κ3) is 3.33. The zero-order valence-corrected chi connectivity index (χ0v) is 14.4. The molecule has 0 bridgehead atoms. The van der Waals surface area contributed by atoms with Gasteiger partial charge in [-0.25, -0.2) is 9.97 Å². The number of aromatic nitrogens is 3. The molecule has 2 heterocycles. The fourth-order valence-corrected chi connectivity index (χ4v) is 3.55. The topological polar surface area (TPSA) is 76.7 Å². The molecular weight excluding hydrogens is 310 g/mol. The van der Waals surface area contributed by atoms with Crippen LogP contribution in [0.25, 0.3) is 22.0 Å². The van der Waals surface area contributed by atoms with E-state index < -0.39 is 0 Å². The molecule has 4 rings (SSSR count). The highest BCUT2D eigenvalue weighted by atomic mass is 15.1. The number of nitrogens with one attached hydrogen (secondary N) is 1. The first-order valence-corrected chi connectivity index (χ1v) is 8.90. The van der Waals surface area contributed by atoms with Crippen LogP contribution in [-0.2, 0) is 0 Å². The van der Waals surface area contributed by atoms with E-state index in [1.54, 1.807) is 0 Å². The molecule has 3 N–H and O–H groups in total. The van der Waals surface area contributed by atoms with Crippen molar-refractivity contribution in [1.82, 2.24) is 15.0 Å². The van der Waals surface area contributed by atoms with Crippen LogP contribution in [-0.4, -0.2) is 27.0 Å². The van der Waals surface area contributed by atoms with E-state index in [4.69, 9.17) is 10.7 Å². The normalized spacial score (nSPS) is 20.6. The monoisotopic (exact) mass is 333 g/mol. The van der Waals surface area contributed by atoms with Gasteiger partial charge in [0, 0.05) is 41.6 Å². The van der Waals surface area contributed by atoms with Gasteiger partial charge in [-0.2, -0.15) is 0 Å². The highest BCUT2D eigenvalue weighted by molar-refractivity contribution is 5.92. The van der Waals surface area contributed by atoms with Crippen molar-refractivity contribution < 1.29 is 0 Å². The maximum absolute atomic E-state index is 6.25. The summed E-state index contributed by atoms with van der Waals surface area (Å²) in [5.74, 6) is 0.648. The summed E-state index contributed by atoms with van der Waals surface area (Å²) in [6.45, 7) is 2.09. The van der Waals surface area contributed by atoms with Gasteiger partial charge < -0.3 is 11.1 Å². The average Bonchev–Trinajstić information content (AvgIpc) is 2.63. The number of rotatable bonds is 3. The maximum Gasteiger partial charge on any atom is 0.223 e. The lowest BCUT2D eigenvalue weighted by Gasteiger charge is -2.29. The third-order valence-corrected chi connectivity index (χ3v) is 4.95. The van der Waals surface area contributed by atoms with Gasteiger partial charge in [0.05, 0.1) is 5.52 Å². The van der Waals surface area contributed by atoms with Crippen LogP contribution in [0.1, 0.15) is 31.2 Å². The SMILES string of the molecule is Cc1cccc(-c2cncc3cnc(N[C@H]4CCCC[C@H]4N)nc23)c1. The van der Waals surface area contributed by atoms with E-state index in [0.29, 0.717) is 5.95 Å². The number of anilines is 1. The molecule has 128 valence electrons. The van der Waals surface area contributed by atoms with Crippen LogP contribution in [0.3, 0.4) is 0 Å². The van der Waals surface area contributed by atoms with Crippen LogP contribution in [0, 0.1) is 6.92 Å². The van der Waals surface area contributed by atoms with Crippen molar-refractivity contribution in [2.24, 2.45) is 5.73 Å². The number of aryl methyl sites for hydroxylation is 1. The van der Waals surface area contributed by atoms with Gasteiger partial charge in [0.1, 0.15) is 0 Å². The summed E-state index contributed by atoms with van der Waals surface area (Å²) in [5, 5.41) is 4.39. The Morgan fingerprint density at radius 1 is 1.12 bits per heavy atom. The number of pyridine rings is 1. The number of hydrogen-bond donors (Lipinski definition) is 2. The summed E-state index contributed by atoms with van der Waals surface area (Å²) in [7, 11) is 0. The van der Waals surface area contributed by atoms with E-state index in [2.05, 4.69) is 46.5 Å². The molecule has 1 saturated carbocycles. The zero-order chi connectivity index (χ0) is 17.2. The molecule has 0 spiro atoms. The van der Waals surface area contributed by atoms with Gasteiger partial charge in [-0.1, -0.05) is 42.7 Å². The van der Waals surface area contributed by atoms with Crippen molar-refractivity contribution in [2.75, 3.05) is 5.32 Å². The van der Waals surface area contributed by atoms with Gasteiger partial charge in [0.15, 0.2) is 0 Å². The molecule has 0 unspecified atom stereocenters. The van der Waals surface area contributed by atoms with Crippen LogP contribution in [0.5, 0.6) is 0 Å². The van der Waals surface area contributed by atoms with E-state index in [1.165, 1.54) is 18.4 Å².